The van der Waals surface area contributed by atoms with E-state index in [-0.39, 0.29) is 126 Å². The Kier molecular flexibility index (Phi) is 21.8. The molecular weight excluding hydrogens is 1380 g/mol. The van der Waals surface area contributed by atoms with Crippen molar-refractivity contribution < 1.29 is 0 Å². The molecule has 28 rings (SSSR count). The van der Waals surface area contributed by atoms with Crippen molar-refractivity contribution in [3.63, 3.8) is 0 Å². The second-order valence-electron chi connectivity index (χ2n) is 32.3. The van der Waals surface area contributed by atoms with Crippen molar-refractivity contribution in [1.29, 1.82) is 0 Å². The van der Waals surface area contributed by atoms with Gasteiger partial charge in [0.25, 0.3) is 0 Å². The van der Waals surface area contributed by atoms with Crippen LogP contribution < -0.4 is 191 Å². The molecule has 6 fully saturated rings. The standard InChI is InChI=1S/C78H84B18N18/c1-55-7-19-61(20-8-55)79-97-85-67-31-35-69(36-32-67)87-99-80(62-21-9-56(2)10-22-62)101-89(110-87)71-39-43-73(44-40-71)91-103-82(64-25-13-58(4)14-26-64)105-93(112-91)75-47-51-77(52-48-75)95-107-84(66-29-17-60(6)18-30-66)108-96(114-95)78-53-49-76(50-54-78)94-106-83(65-27-15-59(5)16-28-65)104-92(113-94)74-45-41-72(42-46-74)90-102-81(63-23-11-57(3)12-24-63)100-88(111-90)70-37-33-68(34-38-70)86(98-79)109-85/h7-54,97-114H,1-6H3. The highest BCUT2D eigenvalue weighted by molar-refractivity contribution is 7.04. The largest absolute Gasteiger partial charge is 0.363 e. The second-order valence-corrected chi connectivity index (χ2v) is 32.3. The van der Waals surface area contributed by atoms with Crippen molar-refractivity contribution in [2.45, 2.75) is 41.5 Å². The van der Waals surface area contributed by atoms with E-state index in [9.17, 15) is 0 Å². The Morgan fingerprint density at radius 1 is 0.0965 bits per heavy atom. The first-order valence-electron chi connectivity index (χ1n) is 40.4. The van der Waals surface area contributed by atoms with Crippen LogP contribution in [0.5, 0.6) is 0 Å². The predicted molar refractivity (Wildman–Crippen MR) is 499 cm³/mol. The summed E-state index contributed by atoms with van der Waals surface area (Å²) >= 11 is 0. The number of hydrogen-bond donors (Lipinski definition) is 18. The molecule has 0 unspecified atom stereocenters. The SMILES string of the molecule is Cc1ccc(B2NB3NB(N2)c2ccc(cc2)B2NB(c4ccc(C)cc4)NB(N2)c2ccc(cc2)B2NB(c4ccc(C)cc4)NB(N2)c2ccc(cc2)B2NB(c4ccc(C)cc4)NB(N2)c2ccc(cc2)B2NB(c4ccc(C)cc4)NB(N2)c2ccc(cc2)B2NB(c4ccc(C)cc4)NB(N2)c2ccc3cc2)cc1. The van der Waals surface area contributed by atoms with Crippen LogP contribution in [0.2, 0.25) is 0 Å². The lowest BCUT2D eigenvalue weighted by Crippen LogP contribution is -2.84. The molecule has 6 saturated heterocycles. The van der Waals surface area contributed by atoms with Gasteiger partial charge >= 0.3 is 126 Å². The maximum absolute atomic E-state index is 4.01. The lowest BCUT2D eigenvalue weighted by Gasteiger charge is -2.36. The summed E-state index contributed by atoms with van der Waals surface area (Å²) < 4.78 is 0. The molecule has 16 aliphatic heterocycles. The van der Waals surface area contributed by atoms with Crippen LogP contribution >= 0.6 is 0 Å². The van der Waals surface area contributed by atoms with Crippen LogP contribution in [0.4, 0.5) is 0 Å². The summed E-state index contributed by atoms with van der Waals surface area (Å²) in [5.41, 5.74) is 28.0. The maximum Gasteiger partial charge on any atom is 0.320 e. The number of hydrogen-bond acceptors (Lipinski definition) is 18. The molecule has 0 amide bonds. The average molecular weight is 1470 g/mol. The summed E-state index contributed by atoms with van der Waals surface area (Å²) in [6.45, 7) is 9.62. The molecular formula is C78H84B18N18. The molecule has 18 nitrogen and oxygen atoms in total. The molecule has 12 aromatic carbocycles. The molecule has 540 valence electrons. The minimum absolute atomic E-state index is 0.150. The normalized spacial score (nSPS) is 16.8. The monoisotopic (exact) mass is 1470 g/mol. The Balaban J connectivity index is 0.675. The van der Waals surface area contributed by atoms with Crippen molar-refractivity contribution in [2.75, 3.05) is 0 Å². The maximum atomic E-state index is 4.01. The highest BCUT2D eigenvalue weighted by Gasteiger charge is 2.46. The molecule has 16 heterocycles. The molecule has 18 N–H and O–H groups in total. The van der Waals surface area contributed by atoms with Gasteiger partial charge < -0.3 is 92.5 Å². The van der Waals surface area contributed by atoms with Gasteiger partial charge in [0.05, 0.1) is 0 Å². The Bertz CT molecular complexity index is 4270. The van der Waals surface area contributed by atoms with Gasteiger partial charge in [-0.3, -0.25) is 0 Å². The van der Waals surface area contributed by atoms with E-state index in [1.54, 1.807) is 0 Å². The molecule has 0 aromatic heterocycles. The molecule has 0 atom stereocenters. The van der Waals surface area contributed by atoms with Crippen molar-refractivity contribution in [3.05, 3.63) is 325 Å². The van der Waals surface area contributed by atoms with E-state index in [1.165, 1.54) is 66.2 Å². The smallest absolute Gasteiger partial charge is 0.320 e. The van der Waals surface area contributed by atoms with Gasteiger partial charge in [-0.1, -0.05) is 325 Å². The summed E-state index contributed by atoms with van der Waals surface area (Å²) in [6, 6.07) is 108. The molecule has 12 aromatic rings. The van der Waals surface area contributed by atoms with E-state index < -0.39 is 0 Å². The zero-order chi connectivity index (χ0) is 76.9. The van der Waals surface area contributed by atoms with Crippen molar-refractivity contribution in [3.8, 4) is 0 Å². The first-order chi connectivity index (χ1) is 55.8. The third-order valence-electron chi connectivity index (χ3n) is 24.1. The van der Waals surface area contributed by atoms with Crippen molar-refractivity contribution in [2.24, 2.45) is 0 Å². The van der Waals surface area contributed by atoms with E-state index in [0.29, 0.717) is 0 Å². The molecule has 0 aliphatic carbocycles. The van der Waals surface area contributed by atoms with Crippen LogP contribution in [-0.4, -0.2) is 126 Å². The lowest BCUT2D eigenvalue weighted by molar-refractivity contribution is 1.19. The van der Waals surface area contributed by atoms with Gasteiger partial charge in [-0.25, -0.2) is 0 Å². The van der Waals surface area contributed by atoms with E-state index in [4.69, 9.17) is 0 Å². The fraction of sp³-hybridized carbons (Fsp3) is 0.0769. The fourth-order valence-corrected chi connectivity index (χ4v) is 17.2. The molecule has 0 saturated carbocycles. The second kappa shape index (κ2) is 33.0. The third kappa shape index (κ3) is 16.5. The van der Waals surface area contributed by atoms with Gasteiger partial charge in [0.15, 0.2) is 0 Å². The topological polar surface area (TPSA) is 217 Å². The van der Waals surface area contributed by atoms with Crippen LogP contribution in [0.25, 0.3) is 0 Å². The number of nitrogens with one attached hydrogen (secondary N) is 18. The average Bonchev–Trinajstić information content (AvgIpc) is 0.792. The molecule has 36 heteroatoms. The summed E-state index contributed by atoms with van der Waals surface area (Å²) in [5, 5.41) is 71.7. The summed E-state index contributed by atoms with van der Waals surface area (Å²) in [7, 11) is 0. The van der Waals surface area contributed by atoms with Gasteiger partial charge in [0.1, 0.15) is 0 Å². The molecule has 24 bridgehead atoms. The van der Waals surface area contributed by atoms with Gasteiger partial charge in [-0.05, 0) is 140 Å². The van der Waals surface area contributed by atoms with Crippen LogP contribution in [0.15, 0.2) is 291 Å². The van der Waals surface area contributed by atoms with Crippen molar-refractivity contribution >= 4 is 224 Å². The van der Waals surface area contributed by atoms with E-state index in [0.717, 1.165) is 65.6 Å². The quantitative estimate of drug-likeness (QED) is 0.0697. The Morgan fingerprint density at radius 3 is 0.211 bits per heavy atom. The first-order valence-corrected chi connectivity index (χ1v) is 40.4. The van der Waals surface area contributed by atoms with Gasteiger partial charge in [-0.2, -0.15) is 0 Å². The highest BCUT2D eigenvalue weighted by atomic mass is 15.1. The highest BCUT2D eigenvalue weighted by Crippen LogP contribution is 2.08. The predicted octanol–water partition coefficient (Wildman–Crippen LogP) is -8.54. The van der Waals surface area contributed by atoms with Gasteiger partial charge in [0.2, 0.25) is 0 Å². The molecule has 0 radical (unpaired) electrons. The lowest BCUT2D eigenvalue weighted by atomic mass is 9.41. The minimum atomic E-state index is -0.195. The Hall–Kier alpha value is -8.91. The Labute approximate surface area is 678 Å². The fourth-order valence-electron chi connectivity index (χ4n) is 17.2. The Morgan fingerprint density at radius 2 is 0.149 bits per heavy atom. The number of benzene rings is 12. The molecule has 16 aliphatic rings. The third-order valence-corrected chi connectivity index (χ3v) is 24.1. The summed E-state index contributed by atoms with van der Waals surface area (Å²) in [5.74, 6) is 0. The van der Waals surface area contributed by atoms with Crippen molar-refractivity contribution in [1.82, 2.24) is 92.5 Å². The minimum Gasteiger partial charge on any atom is -0.363 e. The summed E-state index contributed by atoms with van der Waals surface area (Å²) in [6.07, 6.45) is 0. The zero-order valence-electron chi connectivity index (χ0n) is 65.1. The number of rotatable bonds is 6. The van der Waals surface area contributed by atoms with Gasteiger partial charge in [0, 0.05) is 0 Å². The zero-order valence-corrected chi connectivity index (χ0v) is 65.1. The van der Waals surface area contributed by atoms with E-state index in [2.05, 4.69) is 425 Å². The van der Waals surface area contributed by atoms with Crippen LogP contribution in [0.1, 0.15) is 33.4 Å². The van der Waals surface area contributed by atoms with Crippen LogP contribution in [0.3, 0.4) is 0 Å². The first kappa shape index (κ1) is 75.1. The van der Waals surface area contributed by atoms with Crippen LogP contribution in [0, 0.1) is 41.5 Å². The van der Waals surface area contributed by atoms with E-state index in [1.807, 2.05) is 0 Å². The van der Waals surface area contributed by atoms with Crippen LogP contribution in [-0.2, 0) is 0 Å². The number of aryl methyl sites for hydroxylation is 6. The summed E-state index contributed by atoms with van der Waals surface area (Å²) in [4.78, 5) is 0. The van der Waals surface area contributed by atoms with E-state index >= 15 is 0 Å². The van der Waals surface area contributed by atoms with Gasteiger partial charge in [-0.15, -0.1) is 0 Å². The molecule has 114 heavy (non-hydrogen) atoms. The molecule has 0 spiro atoms.